The van der Waals surface area contributed by atoms with Crippen LogP contribution in [-0.4, -0.2) is 31.7 Å². The average Bonchev–Trinajstić information content (AvgIpc) is 2.97. The van der Waals surface area contributed by atoms with E-state index in [1.807, 2.05) is 32.0 Å². The van der Waals surface area contributed by atoms with Crippen LogP contribution < -0.4 is 14.8 Å². The highest BCUT2D eigenvalue weighted by atomic mass is 19.1. The fourth-order valence-corrected chi connectivity index (χ4v) is 3.19. The van der Waals surface area contributed by atoms with Gasteiger partial charge >= 0.3 is 5.97 Å². The Morgan fingerprint density at radius 3 is 2.47 bits per heavy atom. The molecule has 6 nitrogen and oxygen atoms in total. The van der Waals surface area contributed by atoms with Gasteiger partial charge in [0.25, 0.3) is 5.91 Å². The Morgan fingerprint density at radius 1 is 1.07 bits per heavy atom. The van der Waals surface area contributed by atoms with Crippen LogP contribution in [0.1, 0.15) is 37.4 Å². The van der Waals surface area contributed by atoms with Crippen LogP contribution in [-0.2, 0) is 20.7 Å². The van der Waals surface area contributed by atoms with Crippen LogP contribution in [0.15, 0.2) is 42.5 Å². The van der Waals surface area contributed by atoms with E-state index in [0.717, 1.165) is 12.0 Å². The summed E-state index contributed by atoms with van der Waals surface area (Å²) in [4.78, 5) is 24.3. The highest BCUT2D eigenvalue weighted by Crippen LogP contribution is 2.34. The van der Waals surface area contributed by atoms with E-state index in [4.69, 9.17) is 14.2 Å². The van der Waals surface area contributed by atoms with Gasteiger partial charge < -0.3 is 19.5 Å². The minimum atomic E-state index is -0.548. The minimum Gasteiger partial charge on any atom is -0.490 e. The Bertz CT molecular complexity index is 882. The molecular formula is C23H26FNO5. The number of amides is 1. The zero-order chi connectivity index (χ0) is 21.5. The quantitative estimate of drug-likeness (QED) is 0.700. The lowest BCUT2D eigenvalue weighted by molar-refractivity contribution is -0.148. The molecule has 7 heteroatoms. The van der Waals surface area contributed by atoms with E-state index in [1.165, 1.54) is 24.3 Å². The maximum absolute atomic E-state index is 12.9. The molecule has 0 aliphatic carbocycles. The third-order valence-corrected chi connectivity index (χ3v) is 4.74. The number of hydrogen-bond donors (Lipinski definition) is 1. The molecule has 0 bridgehead atoms. The summed E-state index contributed by atoms with van der Waals surface area (Å²) in [5, 5.41) is 2.92. The van der Waals surface area contributed by atoms with E-state index < -0.39 is 11.9 Å². The van der Waals surface area contributed by atoms with Crippen molar-refractivity contribution in [2.24, 2.45) is 5.92 Å². The van der Waals surface area contributed by atoms with Gasteiger partial charge in [-0.15, -0.1) is 0 Å². The van der Waals surface area contributed by atoms with Crippen LogP contribution in [0.4, 0.5) is 4.39 Å². The number of rotatable bonds is 7. The van der Waals surface area contributed by atoms with Crippen molar-refractivity contribution in [1.82, 2.24) is 5.32 Å². The molecule has 30 heavy (non-hydrogen) atoms. The molecule has 2 aromatic carbocycles. The summed E-state index contributed by atoms with van der Waals surface area (Å²) in [7, 11) is 0. The number of fused-ring (bicyclic) bond motifs is 1. The van der Waals surface area contributed by atoms with Crippen molar-refractivity contribution >= 4 is 11.9 Å². The molecule has 160 valence electrons. The molecule has 1 amide bonds. The van der Waals surface area contributed by atoms with Crippen molar-refractivity contribution < 1.29 is 28.2 Å². The molecule has 2 aromatic rings. The summed E-state index contributed by atoms with van der Waals surface area (Å²) in [6, 6.07) is 10.9. The maximum Gasteiger partial charge on any atom is 0.310 e. The number of benzene rings is 2. The molecule has 3 rings (SSSR count). The van der Waals surface area contributed by atoms with Crippen LogP contribution in [0.5, 0.6) is 11.5 Å². The van der Waals surface area contributed by atoms with Crippen LogP contribution in [0.2, 0.25) is 0 Å². The van der Waals surface area contributed by atoms with E-state index in [2.05, 4.69) is 5.32 Å². The van der Waals surface area contributed by atoms with E-state index in [0.29, 0.717) is 30.3 Å². The van der Waals surface area contributed by atoms with Crippen molar-refractivity contribution in [3.05, 3.63) is 59.4 Å². The van der Waals surface area contributed by atoms with Gasteiger partial charge in [-0.1, -0.05) is 32.0 Å². The zero-order valence-corrected chi connectivity index (χ0v) is 17.2. The third kappa shape index (κ3) is 5.95. The first-order valence-electron chi connectivity index (χ1n) is 10.0. The van der Waals surface area contributed by atoms with Crippen molar-refractivity contribution in [2.45, 2.75) is 32.7 Å². The molecular weight excluding hydrogens is 389 g/mol. The molecule has 0 fully saturated rings. The molecule has 0 aromatic heterocycles. The van der Waals surface area contributed by atoms with E-state index in [9.17, 15) is 14.0 Å². The Morgan fingerprint density at radius 2 is 1.77 bits per heavy atom. The summed E-state index contributed by atoms with van der Waals surface area (Å²) in [5.41, 5.74) is 1.51. The summed E-state index contributed by atoms with van der Waals surface area (Å²) in [5.74, 6) is 0.145. The monoisotopic (exact) mass is 415 g/mol. The number of nitrogens with one attached hydrogen (secondary N) is 1. The third-order valence-electron chi connectivity index (χ3n) is 4.74. The SMILES string of the molecule is CC(C)[C@@H](NC(=O)COC(=O)Cc1ccc(F)cc1)c1ccc2c(c1)OCCCO2. The predicted octanol–water partition coefficient (Wildman–Crippen LogP) is 3.59. The van der Waals surface area contributed by atoms with Crippen LogP contribution >= 0.6 is 0 Å². The second-order valence-electron chi connectivity index (χ2n) is 7.51. The molecule has 0 unspecified atom stereocenters. The smallest absolute Gasteiger partial charge is 0.310 e. The van der Waals surface area contributed by atoms with Gasteiger partial charge in [0.05, 0.1) is 25.7 Å². The van der Waals surface area contributed by atoms with Gasteiger partial charge in [0.2, 0.25) is 0 Å². The van der Waals surface area contributed by atoms with Gasteiger partial charge in [-0.25, -0.2) is 4.39 Å². The van der Waals surface area contributed by atoms with E-state index in [-0.39, 0.29) is 30.8 Å². The summed E-state index contributed by atoms with van der Waals surface area (Å²) >= 11 is 0. The number of hydrogen-bond acceptors (Lipinski definition) is 5. The molecule has 0 saturated heterocycles. The fraction of sp³-hybridized carbons (Fsp3) is 0.391. The Balaban J connectivity index is 1.57. The minimum absolute atomic E-state index is 0.0245. The normalized spacial score (nSPS) is 14.0. The second kappa shape index (κ2) is 10.1. The van der Waals surface area contributed by atoms with Crippen LogP contribution in [0.25, 0.3) is 0 Å². The van der Waals surface area contributed by atoms with Crippen molar-refractivity contribution in [3.63, 3.8) is 0 Å². The van der Waals surface area contributed by atoms with Gasteiger partial charge in [-0.3, -0.25) is 9.59 Å². The molecule has 1 aliphatic rings. The number of ether oxygens (including phenoxy) is 3. The van der Waals surface area contributed by atoms with Crippen molar-refractivity contribution in [3.8, 4) is 11.5 Å². The standard InChI is InChI=1S/C23H26FNO5/c1-15(2)23(17-6-9-19-20(13-17)29-11-3-10-28-19)25-21(26)14-30-22(27)12-16-4-7-18(24)8-5-16/h4-9,13,15,23H,3,10-12,14H2,1-2H3,(H,25,26)/t23-/m1/s1. The summed E-state index contributed by atoms with van der Waals surface area (Å²) in [6.07, 6.45) is 0.793. The van der Waals surface area contributed by atoms with Gasteiger partial charge in [0, 0.05) is 6.42 Å². The first-order valence-corrected chi connectivity index (χ1v) is 10.0. The Kier molecular flexibility index (Phi) is 7.27. The molecule has 1 atom stereocenters. The Hall–Kier alpha value is -3.09. The van der Waals surface area contributed by atoms with E-state index >= 15 is 0 Å². The molecule has 0 spiro atoms. The lowest BCUT2D eigenvalue weighted by Gasteiger charge is -2.24. The molecule has 1 N–H and O–H groups in total. The lowest BCUT2D eigenvalue weighted by atomic mass is 9.95. The Labute approximate surface area is 175 Å². The van der Waals surface area contributed by atoms with Gasteiger partial charge in [0.1, 0.15) is 5.82 Å². The fourth-order valence-electron chi connectivity index (χ4n) is 3.19. The van der Waals surface area contributed by atoms with Gasteiger partial charge in [-0.2, -0.15) is 0 Å². The van der Waals surface area contributed by atoms with Crippen LogP contribution in [0, 0.1) is 11.7 Å². The summed E-state index contributed by atoms with van der Waals surface area (Å²) < 4.78 is 29.4. The predicted molar refractivity (Wildman–Crippen MR) is 109 cm³/mol. The summed E-state index contributed by atoms with van der Waals surface area (Å²) in [6.45, 7) is 4.80. The number of carbonyl (C=O) groups is 2. The lowest BCUT2D eigenvalue weighted by Crippen LogP contribution is -2.35. The number of esters is 1. The largest absolute Gasteiger partial charge is 0.490 e. The highest BCUT2D eigenvalue weighted by Gasteiger charge is 2.21. The molecule has 1 aliphatic heterocycles. The highest BCUT2D eigenvalue weighted by molar-refractivity contribution is 5.81. The van der Waals surface area contributed by atoms with Gasteiger partial charge in [0.15, 0.2) is 18.1 Å². The average molecular weight is 415 g/mol. The van der Waals surface area contributed by atoms with Crippen LogP contribution in [0.3, 0.4) is 0 Å². The molecule has 0 radical (unpaired) electrons. The van der Waals surface area contributed by atoms with Crippen molar-refractivity contribution in [2.75, 3.05) is 19.8 Å². The van der Waals surface area contributed by atoms with E-state index in [1.54, 1.807) is 0 Å². The topological polar surface area (TPSA) is 73.9 Å². The molecule has 0 saturated carbocycles. The zero-order valence-electron chi connectivity index (χ0n) is 17.2. The number of carbonyl (C=O) groups excluding carboxylic acids is 2. The maximum atomic E-state index is 12.9. The molecule has 1 heterocycles. The first kappa shape index (κ1) is 21.6. The first-order chi connectivity index (χ1) is 14.4. The number of halogens is 1. The van der Waals surface area contributed by atoms with Gasteiger partial charge in [-0.05, 0) is 41.3 Å². The second-order valence-corrected chi connectivity index (χ2v) is 7.51. The van der Waals surface area contributed by atoms with Crippen molar-refractivity contribution in [1.29, 1.82) is 0 Å².